The summed E-state index contributed by atoms with van der Waals surface area (Å²) in [5.41, 5.74) is 11.8. The second-order valence-electron chi connectivity index (χ2n) is 11.8. The number of hydrogen-bond acceptors (Lipinski definition) is 1. The maximum absolute atomic E-state index is 6.09. The Balaban J connectivity index is 1.31. The minimum absolute atomic E-state index is 0.871. The van der Waals surface area contributed by atoms with E-state index in [4.69, 9.17) is 4.42 Å². The molecular formula is C45H32O. The fraction of sp³-hybridized carbons (Fsp3) is 0.0222. The topological polar surface area (TPSA) is 13.1 Å². The molecule has 0 saturated carbocycles. The maximum Gasteiger partial charge on any atom is 0.135 e. The number of aryl methyl sites for hydroxylation is 1. The fourth-order valence-electron chi connectivity index (χ4n) is 6.78. The van der Waals surface area contributed by atoms with Crippen LogP contribution in [0.2, 0.25) is 0 Å². The summed E-state index contributed by atoms with van der Waals surface area (Å²) in [5.74, 6) is 0.871. The van der Waals surface area contributed by atoms with Gasteiger partial charge in [0.2, 0.25) is 0 Å². The number of furan rings is 1. The second-order valence-corrected chi connectivity index (χ2v) is 11.8. The first-order valence-corrected chi connectivity index (χ1v) is 15.7. The predicted molar refractivity (Wildman–Crippen MR) is 197 cm³/mol. The lowest BCUT2D eigenvalue weighted by Crippen LogP contribution is -1.92. The third-order valence-electron chi connectivity index (χ3n) is 9.06. The van der Waals surface area contributed by atoms with Crippen LogP contribution in [0.25, 0.3) is 83.1 Å². The van der Waals surface area contributed by atoms with Crippen LogP contribution in [0.5, 0.6) is 0 Å². The van der Waals surface area contributed by atoms with Gasteiger partial charge in [0.15, 0.2) is 0 Å². The van der Waals surface area contributed by atoms with Gasteiger partial charge in [-0.1, -0.05) is 146 Å². The van der Waals surface area contributed by atoms with Crippen LogP contribution in [0.1, 0.15) is 11.3 Å². The Morgan fingerprint density at radius 2 is 0.935 bits per heavy atom. The molecule has 0 radical (unpaired) electrons. The van der Waals surface area contributed by atoms with Crippen LogP contribution < -0.4 is 0 Å². The Morgan fingerprint density at radius 1 is 0.457 bits per heavy atom. The molecule has 0 bridgehead atoms. The zero-order valence-corrected chi connectivity index (χ0v) is 25.7. The molecule has 0 aliphatic rings. The first-order valence-electron chi connectivity index (χ1n) is 15.7. The minimum Gasteiger partial charge on any atom is -0.456 e. The van der Waals surface area contributed by atoms with E-state index in [2.05, 4.69) is 159 Å². The van der Waals surface area contributed by atoms with Gasteiger partial charge in [-0.3, -0.25) is 0 Å². The highest BCUT2D eigenvalue weighted by Gasteiger charge is 2.18. The van der Waals surface area contributed by atoms with Gasteiger partial charge in [0.25, 0.3) is 0 Å². The van der Waals surface area contributed by atoms with Crippen molar-refractivity contribution < 1.29 is 4.42 Å². The molecule has 0 atom stereocenters. The van der Waals surface area contributed by atoms with Crippen molar-refractivity contribution in [2.75, 3.05) is 0 Å². The summed E-state index contributed by atoms with van der Waals surface area (Å²) in [4.78, 5) is 0. The molecule has 7 aromatic carbocycles. The SMILES string of the molecule is C=C/C=C\c1oc2ccc(-c3ccc(-c4c5ccccc5c(-c5ccccc5)c5cc(-c6ccccc6)ccc45)cc3)cc2c1C. The van der Waals surface area contributed by atoms with Crippen LogP contribution in [-0.4, -0.2) is 0 Å². The van der Waals surface area contributed by atoms with Gasteiger partial charge in [-0.25, -0.2) is 0 Å². The predicted octanol–water partition coefficient (Wildman–Crippen LogP) is 12.9. The third-order valence-corrected chi connectivity index (χ3v) is 9.06. The van der Waals surface area contributed by atoms with Crippen molar-refractivity contribution in [3.63, 3.8) is 0 Å². The average Bonchev–Trinajstić information content (AvgIpc) is 3.44. The van der Waals surface area contributed by atoms with Crippen molar-refractivity contribution >= 4 is 38.6 Å². The monoisotopic (exact) mass is 588 g/mol. The number of hydrogen-bond donors (Lipinski definition) is 0. The molecule has 8 aromatic rings. The molecule has 218 valence electrons. The van der Waals surface area contributed by atoms with Gasteiger partial charge in [0.1, 0.15) is 11.3 Å². The molecule has 1 nitrogen and oxygen atoms in total. The van der Waals surface area contributed by atoms with Crippen LogP contribution >= 0.6 is 0 Å². The number of benzene rings is 7. The zero-order valence-electron chi connectivity index (χ0n) is 25.7. The van der Waals surface area contributed by atoms with E-state index in [9.17, 15) is 0 Å². The van der Waals surface area contributed by atoms with Crippen molar-refractivity contribution in [3.05, 3.63) is 176 Å². The molecule has 1 heteroatoms. The molecule has 0 aliphatic heterocycles. The van der Waals surface area contributed by atoms with Gasteiger partial charge in [0.05, 0.1) is 0 Å². The van der Waals surface area contributed by atoms with Gasteiger partial charge in [-0.05, 0) is 97.3 Å². The maximum atomic E-state index is 6.09. The molecular weight excluding hydrogens is 556 g/mol. The van der Waals surface area contributed by atoms with Crippen LogP contribution in [0.15, 0.2) is 169 Å². The Bertz CT molecular complexity index is 2410. The zero-order chi connectivity index (χ0) is 31.0. The average molecular weight is 589 g/mol. The summed E-state index contributed by atoms with van der Waals surface area (Å²) >= 11 is 0. The van der Waals surface area contributed by atoms with E-state index in [1.807, 2.05) is 12.2 Å². The third kappa shape index (κ3) is 4.74. The lowest BCUT2D eigenvalue weighted by molar-refractivity contribution is 0.601. The standard InChI is InChI=1S/C45H32O/c1-3-4-19-42-30(2)40-28-36(25-27-43(40)46-42)32-20-22-34(23-21-32)44-37-17-11-12-18-38(37)45(33-15-9-6-10-16-33)41-29-35(24-26-39(41)44)31-13-7-5-8-14-31/h3-29H,1H2,2H3/b19-4-. The van der Waals surface area contributed by atoms with Crippen molar-refractivity contribution in [2.24, 2.45) is 0 Å². The Morgan fingerprint density at radius 3 is 1.61 bits per heavy atom. The van der Waals surface area contributed by atoms with Gasteiger partial charge < -0.3 is 4.42 Å². The second kappa shape index (κ2) is 11.5. The summed E-state index contributed by atoms with van der Waals surface area (Å²) in [6.07, 6.45) is 5.65. The highest BCUT2D eigenvalue weighted by molar-refractivity contribution is 6.22. The Labute approximate surface area is 269 Å². The highest BCUT2D eigenvalue weighted by atomic mass is 16.3. The van der Waals surface area contributed by atoms with E-state index < -0.39 is 0 Å². The summed E-state index contributed by atoms with van der Waals surface area (Å²) in [7, 11) is 0. The summed E-state index contributed by atoms with van der Waals surface area (Å²) in [6.45, 7) is 5.89. The van der Waals surface area contributed by atoms with Crippen LogP contribution in [0.4, 0.5) is 0 Å². The van der Waals surface area contributed by atoms with Crippen molar-refractivity contribution in [3.8, 4) is 44.5 Å². The molecule has 0 unspecified atom stereocenters. The largest absolute Gasteiger partial charge is 0.456 e. The van der Waals surface area contributed by atoms with E-state index in [0.717, 1.165) is 22.3 Å². The number of allylic oxidation sites excluding steroid dienone is 2. The lowest BCUT2D eigenvalue weighted by atomic mass is 9.84. The van der Waals surface area contributed by atoms with E-state index >= 15 is 0 Å². The van der Waals surface area contributed by atoms with Gasteiger partial charge in [-0.15, -0.1) is 0 Å². The van der Waals surface area contributed by atoms with E-state index in [-0.39, 0.29) is 0 Å². The van der Waals surface area contributed by atoms with Crippen molar-refractivity contribution in [1.82, 2.24) is 0 Å². The minimum atomic E-state index is 0.871. The molecule has 0 amide bonds. The smallest absolute Gasteiger partial charge is 0.135 e. The molecule has 0 saturated heterocycles. The van der Waals surface area contributed by atoms with Gasteiger partial charge in [-0.2, -0.15) is 0 Å². The van der Waals surface area contributed by atoms with E-state index in [1.54, 1.807) is 6.08 Å². The first kappa shape index (κ1) is 27.6. The molecule has 0 N–H and O–H groups in total. The highest BCUT2D eigenvalue weighted by Crippen LogP contribution is 2.45. The molecule has 0 aliphatic carbocycles. The lowest BCUT2D eigenvalue weighted by Gasteiger charge is -2.19. The number of rotatable bonds is 6. The summed E-state index contributed by atoms with van der Waals surface area (Å²) in [6, 6.07) is 52.7. The normalized spacial score (nSPS) is 11.6. The van der Waals surface area contributed by atoms with Crippen molar-refractivity contribution in [1.29, 1.82) is 0 Å². The van der Waals surface area contributed by atoms with Gasteiger partial charge >= 0.3 is 0 Å². The molecule has 0 fully saturated rings. The Hall–Kier alpha value is -5.92. The van der Waals surface area contributed by atoms with E-state index in [0.29, 0.717) is 0 Å². The fourth-order valence-corrected chi connectivity index (χ4v) is 6.78. The van der Waals surface area contributed by atoms with Crippen LogP contribution in [0.3, 0.4) is 0 Å². The van der Waals surface area contributed by atoms with Crippen molar-refractivity contribution in [2.45, 2.75) is 6.92 Å². The van der Waals surface area contributed by atoms with Gasteiger partial charge in [0, 0.05) is 10.9 Å². The Kier molecular flexibility index (Phi) is 6.93. The molecule has 1 heterocycles. The van der Waals surface area contributed by atoms with Crippen LogP contribution in [-0.2, 0) is 0 Å². The summed E-state index contributed by atoms with van der Waals surface area (Å²) in [5, 5.41) is 6.15. The molecule has 1 aromatic heterocycles. The van der Waals surface area contributed by atoms with E-state index in [1.165, 1.54) is 66.1 Å². The summed E-state index contributed by atoms with van der Waals surface area (Å²) < 4.78 is 6.09. The first-order chi connectivity index (χ1) is 22.7. The number of fused-ring (bicyclic) bond motifs is 3. The molecule has 8 rings (SSSR count). The molecule has 46 heavy (non-hydrogen) atoms. The van der Waals surface area contributed by atoms with Crippen LogP contribution in [0, 0.1) is 6.92 Å². The quantitative estimate of drug-likeness (QED) is 0.139. The molecule has 0 spiro atoms.